The standard InChI is InChI=1S/C20H24N2O5Si/c1-28(2,3)10-9-16-11-22(20(24)21-19(16)23)17-13-26-18(27-17)14-25-12-15-7-5-4-6-8-15/h4-8,11,17-18H,12-14H2,1-3H3,(H,21,23,24). The van der Waals surface area contributed by atoms with E-state index in [-0.39, 0.29) is 18.8 Å². The van der Waals surface area contributed by atoms with Crippen molar-refractivity contribution in [3.05, 3.63) is 68.5 Å². The first-order valence-electron chi connectivity index (χ1n) is 9.09. The van der Waals surface area contributed by atoms with Gasteiger partial charge in [0.2, 0.25) is 0 Å². The molecule has 3 rings (SSSR count). The molecular formula is C20H24N2O5Si. The lowest BCUT2D eigenvalue weighted by molar-refractivity contribution is -0.118. The lowest BCUT2D eigenvalue weighted by atomic mass is 10.2. The van der Waals surface area contributed by atoms with Gasteiger partial charge in [-0.15, -0.1) is 5.54 Å². The summed E-state index contributed by atoms with van der Waals surface area (Å²) in [5.41, 5.74) is 3.39. The lowest BCUT2D eigenvalue weighted by Gasteiger charge is -2.14. The quantitative estimate of drug-likeness (QED) is 0.612. The molecule has 2 aromatic rings. The number of rotatable bonds is 5. The molecule has 0 amide bonds. The molecule has 2 heterocycles. The highest BCUT2D eigenvalue weighted by Crippen LogP contribution is 2.20. The van der Waals surface area contributed by atoms with E-state index in [2.05, 4.69) is 36.1 Å². The molecule has 2 unspecified atom stereocenters. The van der Waals surface area contributed by atoms with Crippen LogP contribution in [0.25, 0.3) is 0 Å². The van der Waals surface area contributed by atoms with Crippen molar-refractivity contribution in [3.8, 4) is 11.5 Å². The van der Waals surface area contributed by atoms with Crippen molar-refractivity contribution in [1.29, 1.82) is 0 Å². The number of nitrogens with one attached hydrogen (secondary N) is 1. The van der Waals surface area contributed by atoms with Crippen LogP contribution in [0.15, 0.2) is 46.1 Å². The van der Waals surface area contributed by atoms with Gasteiger partial charge in [-0.25, -0.2) is 4.79 Å². The summed E-state index contributed by atoms with van der Waals surface area (Å²) < 4.78 is 18.3. The zero-order chi connectivity index (χ0) is 20.1. The summed E-state index contributed by atoms with van der Waals surface area (Å²) in [4.78, 5) is 26.5. The summed E-state index contributed by atoms with van der Waals surface area (Å²) >= 11 is 0. The topological polar surface area (TPSA) is 82.6 Å². The molecule has 0 saturated carbocycles. The van der Waals surface area contributed by atoms with Crippen molar-refractivity contribution in [2.24, 2.45) is 0 Å². The van der Waals surface area contributed by atoms with Gasteiger partial charge in [-0.05, 0) is 5.56 Å². The Morgan fingerprint density at radius 2 is 2.00 bits per heavy atom. The summed E-state index contributed by atoms with van der Waals surface area (Å²) in [7, 11) is -1.65. The van der Waals surface area contributed by atoms with E-state index < -0.39 is 31.8 Å². The third kappa shape index (κ3) is 5.53. The van der Waals surface area contributed by atoms with Gasteiger partial charge in [0.1, 0.15) is 13.6 Å². The fourth-order valence-corrected chi connectivity index (χ4v) is 3.08. The maximum absolute atomic E-state index is 12.2. The average molecular weight is 401 g/mol. The molecule has 2 atom stereocenters. The number of benzene rings is 1. The number of ether oxygens (including phenoxy) is 3. The number of hydrogen-bond acceptors (Lipinski definition) is 5. The summed E-state index contributed by atoms with van der Waals surface area (Å²) in [5, 5.41) is 0. The minimum Gasteiger partial charge on any atom is -0.371 e. The highest BCUT2D eigenvalue weighted by Gasteiger charge is 2.28. The number of hydrogen-bond donors (Lipinski definition) is 1. The first-order valence-corrected chi connectivity index (χ1v) is 12.6. The summed E-state index contributed by atoms with van der Waals surface area (Å²) in [6.07, 6.45) is 0.224. The second-order valence-electron chi connectivity index (χ2n) is 7.56. The average Bonchev–Trinajstić information content (AvgIpc) is 3.10. The Balaban J connectivity index is 1.65. The molecular weight excluding hydrogens is 376 g/mol. The van der Waals surface area contributed by atoms with Crippen LogP contribution in [-0.4, -0.2) is 37.1 Å². The minimum atomic E-state index is -1.65. The van der Waals surface area contributed by atoms with E-state index >= 15 is 0 Å². The SMILES string of the molecule is C[Si](C)(C)C#Cc1cn(C2COC(COCc3ccccc3)O2)c(=O)[nH]c1=O. The molecule has 1 aliphatic heterocycles. The van der Waals surface area contributed by atoms with E-state index in [9.17, 15) is 9.59 Å². The molecule has 1 fully saturated rings. The predicted molar refractivity (Wildman–Crippen MR) is 108 cm³/mol. The first-order chi connectivity index (χ1) is 13.3. The van der Waals surface area contributed by atoms with Gasteiger partial charge < -0.3 is 14.2 Å². The van der Waals surface area contributed by atoms with E-state index in [1.54, 1.807) is 0 Å². The van der Waals surface area contributed by atoms with E-state index in [1.807, 2.05) is 30.3 Å². The third-order valence-corrected chi connectivity index (χ3v) is 4.82. The third-order valence-electron chi connectivity index (χ3n) is 3.95. The molecule has 0 aliphatic carbocycles. The first kappa shape index (κ1) is 20.3. The number of nitrogens with zero attached hydrogens (tertiary/aromatic N) is 1. The molecule has 0 spiro atoms. The van der Waals surface area contributed by atoms with Crippen molar-refractivity contribution in [2.75, 3.05) is 13.2 Å². The van der Waals surface area contributed by atoms with Crippen LogP contribution in [0.5, 0.6) is 0 Å². The van der Waals surface area contributed by atoms with Crippen LogP contribution in [-0.2, 0) is 20.8 Å². The predicted octanol–water partition coefficient (Wildman–Crippen LogP) is 1.85. The monoisotopic (exact) mass is 400 g/mol. The van der Waals surface area contributed by atoms with Gasteiger partial charge in [-0.2, -0.15) is 0 Å². The Morgan fingerprint density at radius 3 is 2.71 bits per heavy atom. The van der Waals surface area contributed by atoms with Crippen LogP contribution < -0.4 is 11.2 Å². The Morgan fingerprint density at radius 1 is 1.25 bits per heavy atom. The fraction of sp³-hybridized carbons (Fsp3) is 0.400. The van der Waals surface area contributed by atoms with Gasteiger partial charge in [0, 0.05) is 6.20 Å². The smallest absolute Gasteiger partial charge is 0.330 e. The van der Waals surface area contributed by atoms with Crippen LogP contribution in [0, 0.1) is 11.5 Å². The van der Waals surface area contributed by atoms with Crippen molar-refractivity contribution < 1.29 is 14.2 Å². The molecule has 7 nitrogen and oxygen atoms in total. The van der Waals surface area contributed by atoms with Crippen LogP contribution >= 0.6 is 0 Å². The Labute approximate surface area is 164 Å². The molecule has 0 bridgehead atoms. The van der Waals surface area contributed by atoms with E-state index in [4.69, 9.17) is 14.2 Å². The zero-order valence-electron chi connectivity index (χ0n) is 16.2. The molecule has 28 heavy (non-hydrogen) atoms. The second kappa shape index (κ2) is 8.71. The molecule has 1 saturated heterocycles. The number of aromatic nitrogens is 2. The zero-order valence-corrected chi connectivity index (χ0v) is 17.2. The van der Waals surface area contributed by atoms with E-state index in [1.165, 1.54) is 10.8 Å². The lowest BCUT2D eigenvalue weighted by Crippen LogP contribution is -2.34. The van der Waals surface area contributed by atoms with Crippen molar-refractivity contribution in [3.63, 3.8) is 0 Å². The molecule has 1 N–H and O–H groups in total. The summed E-state index contributed by atoms with van der Waals surface area (Å²) in [5.74, 6) is 2.89. The van der Waals surface area contributed by atoms with Gasteiger partial charge >= 0.3 is 5.69 Å². The van der Waals surface area contributed by atoms with Gasteiger partial charge in [-0.1, -0.05) is 55.9 Å². The van der Waals surface area contributed by atoms with Crippen molar-refractivity contribution in [1.82, 2.24) is 9.55 Å². The molecule has 1 aromatic heterocycles. The van der Waals surface area contributed by atoms with Gasteiger partial charge in [0.15, 0.2) is 12.5 Å². The van der Waals surface area contributed by atoms with Gasteiger partial charge in [0.25, 0.3) is 5.56 Å². The summed E-state index contributed by atoms with van der Waals surface area (Å²) in [6, 6.07) is 9.79. The Bertz CT molecular complexity index is 982. The van der Waals surface area contributed by atoms with E-state index in [0.717, 1.165) is 5.56 Å². The molecule has 8 heteroatoms. The van der Waals surface area contributed by atoms with Crippen molar-refractivity contribution >= 4 is 8.07 Å². The maximum Gasteiger partial charge on any atom is 0.330 e. The number of aromatic amines is 1. The second-order valence-corrected chi connectivity index (χ2v) is 12.3. The summed E-state index contributed by atoms with van der Waals surface area (Å²) in [6.45, 7) is 7.12. The molecule has 1 aliphatic rings. The Hall–Kier alpha value is -2.44. The normalized spacial score (nSPS) is 19.2. The highest BCUT2D eigenvalue weighted by molar-refractivity contribution is 6.83. The van der Waals surface area contributed by atoms with Crippen LogP contribution in [0.3, 0.4) is 0 Å². The fourth-order valence-electron chi connectivity index (χ4n) is 2.57. The Kier molecular flexibility index (Phi) is 6.31. The van der Waals surface area contributed by atoms with Crippen molar-refractivity contribution in [2.45, 2.75) is 38.8 Å². The molecule has 148 valence electrons. The van der Waals surface area contributed by atoms with E-state index in [0.29, 0.717) is 6.61 Å². The number of H-pyrrole nitrogens is 1. The minimum absolute atomic E-state index is 0.187. The largest absolute Gasteiger partial charge is 0.371 e. The van der Waals surface area contributed by atoms with Crippen LogP contribution in [0.1, 0.15) is 17.4 Å². The maximum atomic E-state index is 12.2. The molecule has 1 aromatic carbocycles. The van der Waals surface area contributed by atoms with Gasteiger partial charge in [-0.3, -0.25) is 14.3 Å². The van der Waals surface area contributed by atoms with Crippen LogP contribution in [0.2, 0.25) is 19.6 Å². The van der Waals surface area contributed by atoms with Crippen LogP contribution in [0.4, 0.5) is 0 Å². The highest BCUT2D eigenvalue weighted by atomic mass is 28.3. The molecule has 0 radical (unpaired) electrons. The van der Waals surface area contributed by atoms with Gasteiger partial charge in [0.05, 0.1) is 19.8 Å².